The maximum Gasteiger partial charge on any atom is 0.306 e. The summed E-state index contributed by atoms with van der Waals surface area (Å²) < 4.78 is 16.7. The van der Waals surface area contributed by atoms with Gasteiger partial charge >= 0.3 is 17.9 Å². The van der Waals surface area contributed by atoms with Gasteiger partial charge in [0.25, 0.3) is 0 Å². The van der Waals surface area contributed by atoms with Crippen LogP contribution in [0.5, 0.6) is 0 Å². The first-order chi connectivity index (χ1) is 26.0. The van der Waals surface area contributed by atoms with Crippen LogP contribution in [0.25, 0.3) is 0 Å². The number of carbonyl (C=O) groups is 3. The van der Waals surface area contributed by atoms with Gasteiger partial charge in [0.1, 0.15) is 13.2 Å². The molecule has 0 aromatic carbocycles. The van der Waals surface area contributed by atoms with Crippen LogP contribution in [-0.4, -0.2) is 37.2 Å². The minimum atomic E-state index is -0.757. The van der Waals surface area contributed by atoms with E-state index in [9.17, 15) is 14.4 Å². The number of hydrogen-bond donors (Lipinski definition) is 0. The molecule has 0 heterocycles. The molecule has 0 saturated carbocycles. The van der Waals surface area contributed by atoms with Crippen molar-refractivity contribution >= 4 is 17.9 Å². The zero-order valence-electron chi connectivity index (χ0n) is 35.8. The standard InChI is InChI=1S/C47H90O6/c1-4-7-10-13-16-19-22-24-26-29-32-35-38-41-47(50)53-44(42-51-45(48)39-36-33-30-27-21-18-15-12-9-6-3)43-52-46(49)40-37-34-31-28-25-23-20-17-14-11-8-5-2/h44H,4-43H2,1-3H3/t44-/m0/s1. The van der Waals surface area contributed by atoms with E-state index in [4.69, 9.17) is 14.2 Å². The number of esters is 3. The van der Waals surface area contributed by atoms with Crippen LogP contribution in [-0.2, 0) is 28.6 Å². The molecule has 0 amide bonds. The van der Waals surface area contributed by atoms with E-state index in [0.29, 0.717) is 19.3 Å². The van der Waals surface area contributed by atoms with Crippen LogP contribution >= 0.6 is 0 Å². The topological polar surface area (TPSA) is 78.9 Å². The SMILES string of the molecule is CCCCCCCCCCCCCCCC(=O)O[C@@H](COC(=O)CCCCCCCCCCCC)COC(=O)CCCCCCCCCCCCCC. The van der Waals surface area contributed by atoms with Gasteiger partial charge in [-0.2, -0.15) is 0 Å². The molecule has 0 spiro atoms. The van der Waals surface area contributed by atoms with Crippen LogP contribution in [0.4, 0.5) is 0 Å². The third-order valence-electron chi connectivity index (χ3n) is 10.6. The molecule has 0 bridgehead atoms. The van der Waals surface area contributed by atoms with E-state index in [1.54, 1.807) is 0 Å². The van der Waals surface area contributed by atoms with Crippen molar-refractivity contribution in [3.05, 3.63) is 0 Å². The number of carbonyl (C=O) groups excluding carboxylic acids is 3. The molecule has 6 nitrogen and oxygen atoms in total. The van der Waals surface area contributed by atoms with E-state index in [0.717, 1.165) is 57.8 Å². The van der Waals surface area contributed by atoms with Gasteiger partial charge in [0.15, 0.2) is 6.10 Å². The van der Waals surface area contributed by atoms with Crippen LogP contribution in [0.3, 0.4) is 0 Å². The van der Waals surface area contributed by atoms with Crippen LogP contribution in [0.15, 0.2) is 0 Å². The van der Waals surface area contributed by atoms with Crippen LogP contribution < -0.4 is 0 Å². The van der Waals surface area contributed by atoms with Crippen LogP contribution in [0.1, 0.15) is 265 Å². The molecule has 1 atom stereocenters. The van der Waals surface area contributed by atoms with Gasteiger partial charge in [-0.3, -0.25) is 14.4 Å². The highest BCUT2D eigenvalue weighted by Crippen LogP contribution is 2.16. The molecule has 0 N–H and O–H groups in total. The second-order valence-corrected chi connectivity index (χ2v) is 16.0. The normalized spacial score (nSPS) is 11.8. The summed E-state index contributed by atoms with van der Waals surface area (Å²) in [4.78, 5) is 37.7. The van der Waals surface area contributed by atoms with Crippen molar-refractivity contribution in [2.24, 2.45) is 0 Å². The lowest BCUT2D eigenvalue weighted by Crippen LogP contribution is -2.30. The first-order valence-electron chi connectivity index (χ1n) is 23.5. The molecule has 314 valence electrons. The van der Waals surface area contributed by atoms with E-state index >= 15 is 0 Å². The molecule has 0 aromatic rings. The average Bonchev–Trinajstić information content (AvgIpc) is 3.15. The maximum atomic E-state index is 12.7. The summed E-state index contributed by atoms with van der Waals surface area (Å²) in [5.41, 5.74) is 0. The highest BCUT2D eigenvalue weighted by molar-refractivity contribution is 5.71. The maximum absolute atomic E-state index is 12.7. The largest absolute Gasteiger partial charge is 0.462 e. The summed E-state index contributed by atoms with van der Waals surface area (Å²) in [5.74, 6) is -0.850. The first-order valence-corrected chi connectivity index (χ1v) is 23.5. The quantitative estimate of drug-likeness (QED) is 0.0351. The summed E-state index contributed by atoms with van der Waals surface area (Å²) in [6.07, 6.45) is 43.6. The Balaban J connectivity index is 4.31. The van der Waals surface area contributed by atoms with Crippen molar-refractivity contribution in [3.8, 4) is 0 Å². The third-order valence-corrected chi connectivity index (χ3v) is 10.6. The summed E-state index contributed by atoms with van der Waals surface area (Å²) in [6, 6.07) is 0. The Morgan fingerprint density at radius 3 is 0.755 bits per heavy atom. The minimum Gasteiger partial charge on any atom is -0.462 e. The van der Waals surface area contributed by atoms with E-state index in [-0.39, 0.29) is 31.1 Å². The lowest BCUT2D eigenvalue weighted by atomic mass is 10.0. The van der Waals surface area contributed by atoms with E-state index < -0.39 is 6.10 Å². The van der Waals surface area contributed by atoms with Gasteiger partial charge in [-0.05, 0) is 19.3 Å². The molecular formula is C47H90O6. The van der Waals surface area contributed by atoms with Gasteiger partial charge in [0.2, 0.25) is 0 Å². The highest BCUT2D eigenvalue weighted by atomic mass is 16.6. The Morgan fingerprint density at radius 2 is 0.509 bits per heavy atom. The smallest absolute Gasteiger partial charge is 0.306 e. The van der Waals surface area contributed by atoms with Crippen molar-refractivity contribution in [2.45, 2.75) is 271 Å². The summed E-state index contributed by atoms with van der Waals surface area (Å²) in [7, 11) is 0. The monoisotopic (exact) mass is 751 g/mol. The molecule has 0 fully saturated rings. The lowest BCUT2D eigenvalue weighted by Gasteiger charge is -2.18. The second-order valence-electron chi connectivity index (χ2n) is 16.0. The van der Waals surface area contributed by atoms with Crippen LogP contribution in [0, 0.1) is 0 Å². The molecule has 0 aliphatic heterocycles. The van der Waals surface area contributed by atoms with Gasteiger partial charge in [-0.15, -0.1) is 0 Å². The van der Waals surface area contributed by atoms with Gasteiger partial charge in [0, 0.05) is 19.3 Å². The van der Waals surface area contributed by atoms with E-state index in [2.05, 4.69) is 20.8 Å². The van der Waals surface area contributed by atoms with Crippen molar-refractivity contribution in [2.75, 3.05) is 13.2 Å². The minimum absolute atomic E-state index is 0.0625. The van der Waals surface area contributed by atoms with Crippen molar-refractivity contribution < 1.29 is 28.6 Å². The zero-order valence-corrected chi connectivity index (χ0v) is 35.8. The van der Waals surface area contributed by atoms with E-state index in [1.165, 1.54) is 167 Å². The Morgan fingerprint density at radius 1 is 0.302 bits per heavy atom. The van der Waals surface area contributed by atoms with E-state index in [1.807, 2.05) is 0 Å². The molecule has 53 heavy (non-hydrogen) atoms. The Hall–Kier alpha value is -1.59. The second kappa shape index (κ2) is 43.1. The molecule has 6 heteroatoms. The third kappa shape index (κ3) is 41.4. The fourth-order valence-corrected chi connectivity index (χ4v) is 7.03. The molecule has 0 aliphatic carbocycles. The molecule has 0 radical (unpaired) electrons. The number of ether oxygens (including phenoxy) is 3. The molecule has 0 unspecified atom stereocenters. The molecule has 0 aliphatic rings. The van der Waals surface area contributed by atoms with Crippen LogP contribution in [0.2, 0.25) is 0 Å². The predicted octanol–water partition coefficient (Wildman–Crippen LogP) is 14.9. The van der Waals surface area contributed by atoms with Gasteiger partial charge < -0.3 is 14.2 Å². The van der Waals surface area contributed by atoms with Gasteiger partial charge in [-0.25, -0.2) is 0 Å². The zero-order chi connectivity index (χ0) is 38.7. The fraction of sp³-hybridized carbons (Fsp3) is 0.936. The van der Waals surface area contributed by atoms with Gasteiger partial charge in [-0.1, -0.05) is 226 Å². The Kier molecular flexibility index (Phi) is 41.8. The fourth-order valence-electron chi connectivity index (χ4n) is 7.03. The number of rotatable bonds is 43. The number of hydrogen-bond acceptors (Lipinski definition) is 6. The van der Waals surface area contributed by atoms with Crippen molar-refractivity contribution in [1.29, 1.82) is 0 Å². The first kappa shape index (κ1) is 51.4. The van der Waals surface area contributed by atoms with Crippen molar-refractivity contribution in [1.82, 2.24) is 0 Å². The Bertz CT molecular complexity index is 783. The summed E-state index contributed by atoms with van der Waals surface area (Å²) in [5, 5.41) is 0. The van der Waals surface area contributed by atoms with Crippen molar-refractivity contribution in [3.63, 3.8) is 0 Å². The molecule has 0 rings (SSSR count). The molecular weight excluding hydrogens is 661 g/mol. The predicted molar refractivity (Wildman–Crippen MR) is 224 cm³/mol. The Labute approximate surface area is 329 Å². The molecule has 0 saturated heterocycles. The summed E-state index contributed by atoms with van der Waals surface area (Å²) >= 11 is 0. The lowest BCUT2D eigenvalue weighted by molar-refractivity contribution is -0.167. The number of unbranched alkanes of at least 4 members (excludes halogenated alkanes) is 32. The molecule has 0 aromatic heterocycles. The highest BCUT2D eigenvalue weighted by Gasteiger charge is 2.19. The summed E-state index contributed by atoms with van der Waals surface area (Å²) in [6.45, 7) is 6.64. The van der Waals surface area contributed by atoms with Gasteiger partial charge in [0.05, 0.1) is 0 Å². The average molecular weight is 751 g/mol.